The smallest absolute Gasteiger partial charge is 0.345 e. The lowest BCUT2D eigenvalue weighted by atomic mass is 10.2. The first-order chi connectivity index (χ1) is 9.56. The monoisotopic (exact) mass is 306 g/mol. The summed E-state index contributed by atoms with van der Waals surface area (Å²) in [5.74, 6) is -0.941. The van der Waals surface area contributed by atoms with Gasteiger partial charge in [0, 0.05) is 4.88 Å². The van der Waals surface area contributed by atoms with Crippen molar-refractivity contribution in [1.82, 2.24) is 9.55 Å². The number of nitrogens with zero attached hydrogens (tertiary/aromatic N) is 2. The van der Waals surface area contributed by atoms with Gasteiger partial charge in [-0.3, -0.25) is 9.36 Å². The summed E-state index contributed by atoms with van der Waals surface area (Å²) in [6, 6.07) is 3.43. The Labute approximate surface area is 121 Å². The number of fused-ring (bicyclic) bond motifs is 1. The molecule has 5 nitrogen and oxygen atoms in total. The number of carboxylic acid groups (broad SMARTS) is 1. The van der Waals surface area contributed by atoms with Crippen LogP contribution >= 0.6 is 22.7 Å². The van der Waals surface area contributed by atoms with Crippen LogP contribution in [0.2, 0.25) is 0 Å². The first-order valence-electron chi connectivity index (χ1n) is 5.81. The highest BCUT2D eigenvalue weighted by molar-refractivity contribution is 7.17. The summed E-state index contributed by atoms with van der Waals surface area (Å²) < 4.78 is 2.14. The van der Waals surface area contributed by atoms with Gasteiger partial charge in [-0.25, -0.2) is 9.78 Å². The van der Waals surface area contributed by atoms with Crippen LogP contribution in [0.5, 0.6) is 0 Å². The Kier molecular flexibility index (Phi) is 3.15. The molecule has 0 saturated heterocycles. The predicted molar refractivity (Wildman–Crippen MR) is 79.0 cm³/mol. The number of hydrogen-bond acceptors (Lipinski definition) is 5. The summed E-state index contributed by atoms with van der Waals surface area (Å²) >= 11 is 2.59. The van der Waals surface area contributed by atoms with Gasteiger partial charge in [-0.1, -0.05) is 0 Å². The molecule has 0 aliphatic rings. The average Bonchev–Trinajstić information content (AvgIpc) is 3.00. The molecule has 3 aromatic heterocycles. The molecule has 0 aromatic carbocycles. The predicted octanol–water partition coefficient (Wildman–Crippen LogP) is 2.57. The van der Waals surface area contributed by atoms with Gasteiger partial charge >= 0.3 is 5.97 Å². The Bertz CT molecular complexity index is 860. The van der Waals surface area contributed by atoms with Crippen LogP contribution in [-0.4, -0.2) is 20.6 Å². The maximum absolute atomic E-state index is 12.3. The number of carbonyl (C=O) groups is 1. The third-order valence-electron chi connectivity index (χ3n) is 3.01. The zero-order valence-electron chi connectivity index (χ0n) is 10.5. The van der Waals surface area contributed by atoms with Crippen molar-refractivity contribution in [1.29, 1.82) is 0 Å². The van der Waals surface area contributed by atoms with Crippen molar-refractivity contribution in [3.8, 4) is 0 Å². The number of thiophene rings is 2. The molecular formula is C13H10N2O3S2. The van der Waals surface area contributed by atoms with E-state index in [1.165, 1.54) is 33.6 Å². The van der Waals surface area contributed by atoms with Crippen LogP contribution in [0, 0.1) is 6.92 Å². The van der Waals surface area contributed by atoms with Crippen LogP contribution in [0.4, 0.5) is 0 Å². The number of aromatic nitrogens is 2. The van der Waals surface area contributed by atoms with Crippen molar-refractivity contribution in [2.45, 2.75) is 13.5 Å². The van der Waals surface area contributed by atoms with Gasteiger partial charge in [-0.15, -0.1) is 22.7 Å². The molecule has 0 spiro atoms. The van der Waals surface area contributed by atoms with E-state index in [-0.39, 0.29) is 10.4 Å². The molecule has 0 fully saturated rings. The second-order valence-electron chi connectivity index (χ2n) is 4.31. The molecule has 0 radical (unpaired) electrons. The van der Waals surface area contributed by atoms with Gasteiger partial charge in [0.05, 0.1) is 18.4 Å². The Balaban J connectivity index is 2.03. The average molecular weight is 306 g/mol. The maximum Gasteiger partial charge on any atom is 0.345 e. The molecule has 20 heavy (non-hydrogen) atoms. The number of rotatable bonds is 3. The molecule has 0 saturated carbocycles. The zero-order valence-corrected chi connectivity index (χ0v) is 12.1. The number of aryl methyl sites for hydroxylation is 1. The van der Waals surface area contributed by atoms with E-state index in [2.05, 4.69) is 4.98 Å². The van der Waals surface area contributed by atoms with Crippen molar-refractivity contribution in [2.75, 3.05) is 0 Å². The van der Waals surface area contributed by atoms with Crippen LogP contribution < -0.4 is 5.56 Å². The molecule has 0 unspecified atom stereocenters. The summed E-state index contributed by atoms with van der Waals surface area (Å²) in [6.07, 6.45) is 1.51. The zero-order chi connectivity index (χ0) is 14.3. The van der Waals surface area contributed by atoms with Gasteiger partial charge in [0.1, 0.15) is 9.58 Å². The molecule has 1 N–H and O–H groups in total. The van der Waals surface area contributed by atoms with E-state index in [0.717, 1.165) is 10.4 Å². The van der Waals surface area contributed by atoms with Crippen LogP contribution in [0.1, 0.15) is 20.1 Å². The van der Waals surface area contributed by atoms with Crippen LogP contribution in [-0.2, 0) is 6.54 Å². The van der Waals surface area contributed by atoms with Gasteiger partial charge in [-0.05, 0) is 30.0 Å². The van der Waals surface area contributed by atoms with Crippen LogP contribution in [0.15, 0.2) is 28.6 Å². The lowest BCUT2D eigenvalue weighted by molar-refractivity contribution is 0.0702. The summed E-state index contributed by atoms with van der Waals surface area (Å²) in [5.41, 5.74) is 1.45. The quantitative estimate of drug-likeness (QED) is 0.807. The largest absolute Gasteiger partial charge is 0.477 e. The second-order valence-corrected chi connectivity index (χ2v) is 6.48. The third-order valence-corrected chi connectivity index (χ3v) is 4.98. The molecular weight excluding hydrogens is 296 g/mol. The van der Waals surface area contributed by atoms with E-state index in [4.69, 9.17) is 5.11 Å². The van der Waals surface area contributed by atoms with Crippen LogP contribution in [0.25, 0.3) is 10.2 Å². The molecule has 0 aliphatic heterocycles. The second kappa shape index (κ2) is 4.84. The Morgan fingerprint density at radius 2 is 2.30 bits per heavy atom. The molecule has 0 amide bonds. The molecule has 0 bridgehead atoms. The fourth-order valence-electron chi connectivity index (χ4n) is 1.96. The van der Waals surface area contributed by atoms with E-state index in [9.17, 15) is 9.59 Å². The highest BCUT2D eigenvalue weighted by Crippen LogP contribution is 2.22. The van der Waals surface area contributed by atoms with Gasteiger partial charge in [0.2, 0.25) is 0 Å². The minimum atomic E-state index is -0.941. The maximum atomic E-state index is 12.3. The fourth-order valence-corrected chi connectivity index (χ4v) is 3.62. The first kappa shape index (κ1) is 13.0. The van der Waals surface area contributed by atoms with Crippen molar-refractivity contribution >= 4 is 38.9 Å². The van der Waals surface area contributed by atoms with Crippen LogP contribution in [0.3, 0.4) is 0 Å². The molecule has 3 rings (SSSR count). The lowest BCUT2D eigenvalue weighted by Gasteiger charge is -2.04. The van der Waals surface area contributed by atoms with E-state index < -0.39 is 5.97 Å². The topological polar surface area (TPSA) is 72.2 Å². The molecule has 0 aliphatic carbocycles. The van der Waals surface area contributed by atoms with Crippen molar-refractivity contribution in [3.05, 3.63) is 49.5 Å². The minimum absolute atomic E-state index is 0.0903. The first-order valence-corrected chi connectivity index (χ1v) is 7.51. The van der Waals surface area contributed by atoms with Gasteiger partial charge in [-0.2, -0.15) is 0 Å². The van der Waals surface area contributed by atoms with Crippen molar-refractivity contribution < 1.29 is 9.90 Å². The van der Waals surface area contributed by atoms with E-state index in [1.54, 1.807) is 6.07 Å². The van der Waals surface area contributed by atoms with Crippen molar-refractivity contribution in [2.24, 2.45) is 0 Å². The highest BCUT2D eigenvalue weighted by atomic mass is 32.1. The Morgan fingerprint density at radius 3 is 3.00 bits per heavy atom. The standard InChI is InChI=1S/C13H10N2O3S2/c1-7-8(4-10(20-7)13(17)18)5-15-6-14-9-2-3-19-11(9)12(15)16/h2-4,6H,5H2,1H3,(H,17,18). The van der Waals surface area contributed by atoms with E-state index >= 15 is 0 Å². The Hall–Kier alpha value is -1.99. The number of aromatic carboxylic acids is 1. The molecule has 3 aromatic rings. The fraction of sp³-hybridized carbons (Fsp3) is 0.154. The van der Waals surface area contributed by atoms with Gasteiger partial charge in [0.25, 0.3) is 5.56 Å². The van der Waals surface area contributed by atoms with Gasteiger partial charge in [0.15, 0.2) is 0 Å². The summed E-state index contributed by atoms with van der Waals surface area (Å²) in [6.45, 7) is 2.20. The van der Waals surface area contributed by atoms with Crippen molar-refractivity contribution in [3.63, 3.8) is 0 Å². The summed E-state index contributed by atoms with van der Waals surface area (Å²) in [5, 5.41) is 10.8. The Morgan fingerprint density at radius 1 is 1.50 bits per heavy atom. The SMILES string of the molecule is Cc1sc(C(=O)O)cc1Cn1cnc2ccsc2c1=O. The van der Waals surface area contributed by atoms with Gasteiger partial charge < -0.3 is 5.11 Å². The van der Waals surface area contributed by atoms with E-state index in [1.807, 2.05) is 18.4 Å². The molecule has 0 atom stereocenters. The summed E-state index contributed by atoms with van der Waals surface area (Å²) in [7, 11) is 0. The lowest BCUT2D eigenvalue weighted by Crippen LogP contribution is -2.20. The molecule has 3 heterocycles. The third kappa shape index (κ3) is 2.14. The summed E-state index contributed by atoms with van der Waals surface area (Å²) in [4.78, 5) is 28.6. The number of carboxylic acids is 1. The molecule has 102 valence electrons. The van der Waals surface area contributed by atoms with E-state index in [0.29, 0.717) is 16.8 Å². The molecule has 7 heteroatoms. The number of hydrogen-bond donors (Lipinski definition) is 1. The highest BCUT2D eigenvalue weighted by Gasteiger charge is 2.13. The minimum Gasteiger partial charge on any atom is -0.477 e. The normalized spacial score (nSPS) is 11.1.